The molecule has 0 aliphatic carbocycles. The minimum Gasteiger partial charge on any atom is -0.364 e. The van der Waals surface area contributed by atoms with Gasteiger partial charge < -0.3 is 10.2 Å². The number of likely N-dealkylation sites (tertiary alicyclic amines) is 1. The fourth-order valence-electron chi connectivity index (χ4n) is 3.80. The maximum Gasteiger partial charge on any atom is 0.264 e. The first kappa shape index (κ1) is 18.8. The molecule has 1 N–H and O–H groups in total. The van der Waals surface area contributed by atoms with Gasteiger partial charge in [0.2, 0.25) is 0 Å². The van der Waals surface area contributed by atoms with E-state index in [0.29, 0.717) is 12.5 Å². The Morgan fingerprint density at radius 3 is 2.96 bits per heavy atom. The van der Waals surface area contributed by atoms with Gasteiger partial charge in [0.05, 0.1) is 22.5 Å². The Labute approximate surface area is 169 Å². The molecule has 0 radical (unpaired) electrons. The number of carbonyl (C=O) groups excluding carboxylic acids is 1. The van der Waals surface area contributed by atoms with E-state index in [1.807, 2.05) is 36.9 Å². The van der Waals surface area contributed by atoms with E-state index in [9.17, 15) is 4.79 Å². The van der Waals surface area contributed by atoms with Gasteiger partial charge in [0.1, 0.15) is 17.0 Å². The smallest absolute Gasteiger partial charge is 0.264 e. The van der Waals surface area contributed by atoms with Gasteiger partial charge in [-0.3, -0.25) is 9.78 Å². The minimum atomic E-state index is 0.123. The third-order valence-electron chi connectivity index (χ3n) is 5.25. The minimum absolute atomic E-state index is 0.123. The molecule has 1 aliphatic heterocycles. The van der Waals surface area contributed by atoms with Crippen LogP contribution in [-0.4, -0.2) is 38.8 Å². The van der Waals surface area contributed by atoms with Crippen molar-refractivity contribution in [3.63, 3.8) is 0 Å². The van der Waals surface area contributed by atoms with Gasteiger partial charge in [-0.05, 0) is 50.3 Å². The van der Waals surface area contributed by atoms with Crippen LogP contribution >= 0.6 is 11.3 Å². The first-order chi connectivity index (χ1) is 13.5. The van der Waals surface area contributed by atoms with Crippen molar-refractivity contribution in [2.45, 2.75) is 40.2 Å². The number of amides is 1. The molecule has 4 rings (SSSR count). The Bertz CT molecular complexity index is 1020. The van der Waals surface area contributed by atoms with Crippen molar-refractivity contribution in [3.05, 3.63) is 46.4 Å². The average molecular weight is 396 g/mol. The van der Waals surface area contributed by atoms with Crippen molar-refractivity contribution in [2.24, 2.45) is 5.92 Å². The van der Waals surface area contributed by atoms with Crippen molar-refractivity contribution in [1.82, 2.24) is 19.9 Å². The van der Waals surface area contributed by atoms with Gasteiger partial charge in [0.15, 0.2) is 0 Å². The number of aromatic nitrogens is 3. The molecule has 0 saturated carbocycles. The molecule has 1 aliphatic rings. The summed E-state index contributed by atoms with van der Waals surface area (Å²) in [6.45, 7) is 8.45. The number of hydrogen-bond acceptors (Lipinski definition) is 6. The summed E-state index contributed by atoms with van der Waals surface area (Å²) in [7, 11) is 0. The standard InChI is InChI=1S/C21H25N5OS/c1-13-6-5-9-26(11-13)21(27)18-15(3)17-19(23-12-24-20(17)28-18)22-10-16-8-4-7-14(2)25-16/h4,7-8,12-13H,5-6,9-11H2,1-3H3,(H,22,23,24). The molecule has 4 heterocycles. The van der Waals surface area contributed by atoms with Gasteiger partial charge in [0.25, 0.3) is 5.91 Å². The number of nitrogens with one attached hydrogen (secondary N) is 1. The summed E-state index contributed by atoms with van der Waals surface area (Å²) in [6.07, 6.45) is 3.83. The van der Waals surface area contributed by atoms with E-state index < -0.39 is 0 Å². The molecular formula is C21H25N5OS. The van der Waals surface area contributed by atoms with Crippen molar-refractivity contribution in [1.29, 1.82) is 0 Å². The Morgan fingerprint density at radius 1 is 1.32 bits per heavy atom. The van der Waals surface area contributed by atoms with Gasteiger partial charge in [-0.2, -0.15) is 0 Å². The van der Waals surface area contributed by atoms with E-state index in [1.54, 1.807) is 6.33 Å². The Balaban J connectivity index is 1.62. The molecule has 146 valence electrons. The van der Waals surface area contributed by atoms with E-state index in [0.717, 1.165) is 57.4 Å². The number of aryl methyl sites for hydroxylation is 2. The van der Waals surface area contributed by atoms with Crippen molar-refractivity contribution >= 4 is 33.3 Å². The second-order valence-electron chi connectivity index (χ2n) is 7.58. The summed E-state index contributed by atoms with van der Waals surface area (Å²) in [4.78, 5) is 30.1. The van der Waals surface area contributed by atoms with Crippen LogP contribution in [0, 0.1) is 19.8 Å². The number of thiophene rings is 1. The monoisotopic (exact) mass is 395 g/mol. The van der Waals surface area contributed by atoms with Crippen LogP contribution < -0.4 is 5.32 Å². The summed E-state index contributed by atoms with van der Waals surface area (Å²) in [6, 6.07) is 5.97. The molecule has 6 nitrogen and oxygen atoms in total. The molecule has 3 aromatic rings. The molecule has 0 spiro atoms. The van der Waals surface area contributed by atoms with Gasteiger partial charge >= 0.3 is 0 Å². The predicted octanol–water partition coefficient (Wildman–Crippen LogP) is 4.19. The fourth-order valence-corrected chi connectivity index (χ4v) is 4.92. The van der Waals surface area contributed by atoms with Crippen LogP contribution in [0.15, 0.2) is 24.5 Å². The predicted molar refractivity (Wildman–Crippen MR) is 113 cm³/mol. The van der Waals surface area contributed by atoms with Gasteiger partial charge in [-0.1, -0.05) is 13.0 Å². The molecule has 7 heteroatoms. The summed E-state index contributed by atoms with van der Waals surface area (Å²) >= 11 is 1.47. The molecule has 0 bridgehead atoms. The normalized spacial score (nSPS) is 17.1. The highest BCUT2D eigenvalue weighted by atomic mass is 32.1. The quantitative estimate of drug-likeness (QED) is 0.717. The summed E-state index contributed by atoms with van der Waals surface area (Å²) in [5, 5.41) is 4.32. The fraction of sp³-hybridized carbons (Fsp3) is 0.429. The third kappa shape index (κ3) is 3.71. The van der Waals surface area contributed by atoms with Crippen LogP contribution in [0.2, 0.25) is 0 Å². The van der Waals surface area contributed by atoms with E-state index >= 15 is 0 Å². The largest absolute Gasteiger partial charge is 0.364 e. The molecule has 3 aromatic heterocycles. The van der Waals surface area contributed by atoms with E-state index in [1.165, 1.54) is 17.8 Å². The SMILES string of the molecule is Cc1cccc(CNc2ncnc3sc(C(=O)N4CCCC(C)C4)c(C)c23)n1. The molecule has 1 amide bonds. The van der Waals surface area contributed by atoms with Gasteiger partial charge in [-0.15, -0.1) is 11.3 Å². The van der Waals surface area contributed by atoms with Crippen molar-refractivity contribution in [3.8, 4) is 0 Å². The summed E-state index contributed by atoms with van der Waals surface area (Å²) < 4.78 is 0. The van der Waals surface area contributed by atoms with Crippen LogP contribution in [0.25, 0.3) is 10.2 Å². The third-order valence-corrected chi connectivity index (χ3v) is 6.44. The second kappa shape index (κ2) is 7.83. The van der Waals surface area contributed by atoms with Crippen LogP contribution in [0.5, 0.6) is 0 Å². The number of pyridine rings is 1. The highest BCUT2D eigenvalue weighted by Crippen LogP contribution is 2.34. The van der Waals surface area contributed by atoms with Crippen molar-refractivity contribution < 1.29 is 4.79 Å². The highest BCUT2D eigenvalue weighted by molar-refractivity contribution is 7.20. The lowest BCUT2D eigenvalue weighted by Crippen LogP contribution is -2.38. The number of nitrogens with zero attached hydrogens (tertiary/aromatic N) is 4. The number of piperidine rings is 1. The molecule has 1 fully saturated rings. The maximum atomic E-state index is 13.1. The second-order valence-corrected chi connectivity index (χ2v) is 8.58. The maximum absolute atomic E-state index is 13.1. The highest BCUT2D eigenvalue weighted by Gasteiger charge is 2.26. The molecule has 28 heavy (non-hydrogen) atoms. The van der Waals surface area contributed by atoms with Crippen LogP contribution in [0.1, 0.15) is 46.4 Å². The topological polar surface area (TPSA) is 71.0 Å². The summed E-state index contributed by atoms with van der Waals surface area (Å²) in [5.74, 6) is 1.44. The summed E-state index contributed by atoms with van der Waals surface area (Å²) in [5.41, 5.74) is 2.91. The Kier molecular flexibility index (Phi) is 5.26. The molecule has 0 aromatic carbocycles. The van der Waals surface area contributed by atoms with Gasteiger partial charge in [0, 0.05) is 18.8 Å². The number of anilines is 1. The Morgan fingerprint density at radius 2 is 2.18 bits per heavy atom. The average Bonchev–Trinajstić information content (AvgIpc) is 3.03. The van der Waals surface area contributed by atoms with Gasteiger partial charge in [-0.25, -0.2) is 9.97 Å². The lowest BCUT2D eigenvalue weighted by molar-refractivity contribution is 0.0687. The molecule has 1 unspecified atom stereocenters. The number of carbonyl (C=O) groups is 1. The molecular weight excluding hydrogens is 370 g/mol. The van der Waals surface area contributed by atoms with Crippen LogP contribution in [-0.2, 0) is 6.54 Å². The van der Waals surface area contributed by atoms with E-state index in [2.05, 4.69) is 27.2 Å². The number of hydrogen-bond donors (Lipinski definition) is 1. The first-order valence-electron chi connectivity index (χ1n) is 9.72. The zero-order valence-corrected chi connectivity index (χ0v) is 17.3. The molecule has 1 saturated heterocycles. The molecule has 1 atom stereocenters. The van der Waals surface area contributed by atoms with Crippen LogP contribution in [0.4, 0.5) is 5.82 Å². The Hall–Kier alpha value is -2.54. The number of rotatable bonds is 4. The first-order valence-corrected chi connectivity index (χ1v) is 10.5. The zero-order chi connectivity index (χ0) is 19.7. The lowest BCUT2D eigenvalue weighted by atomic mass is 10.00. The van der Waals surface area contributed by atoms with Crippen molar-refractivity contribution in [2.75, 3.05) is 18.4 Å². The van der Waals surface area contributed by atoms with E-state index in [-0.39, 0.29) is 5.91 Å². The van der Waals surface area contributed by atoms with E-state index in [4.69, 9.17) is 0 Å². The zero-order valence-electron chi connectivity index (χ0n) is 16.5. The lowest BCUT2D eigenvalue weighted by Gasteiger charge is -2.30. The number of fused-ring (bicyclic) bond motifs is 1. The van der Waals surface area contributed by atoms with Crippen LogP contribution in [0.3, 0.4) is 0 Å².